The molecule has 2 rings (SSSR count). The Labute approximate surface area is 172 Å². The second-order valence-corrected chi connectivity index (χ2v) is 13.3. The van der Waals surface area contributed by atoms with E-state index in [0.717, 1.165) is 5.56 Å². The normalized spacial score (nSPS) is 14.4. The largest absolute Gasteiger partial charge is 0.497 e. The zero-order valence-electron chi connectivity index (χ0n) is 17.5. The lowest BCUT2D eigenvalue weighted by Gasteiger charge is -2.37. The topological polar surface area (TPSA) is 84.9 Å². The Bertz CT molecular complexity index is 817. The summed E-state index contributed by atoms with van der Waals surface area (Å²) >= 11 is 0. The number of anilines is 1. The predicted octanol–water partition coefficient (Wildman–Crippen LogP) is 4.01. The minimum Gasteiger partial charge on any atom is -0.497 e. The number of carbonyl (C=O) groups is 2. The minimum atomic E-state index is -2.06. The van der Waals surface area contributed by atoms with Gasteiger partial charge in [-0.15, -0.1) is 0 Å². The number of carboxylic acids is 1. The van der Waals surface area contributed by atoms with Crippen molar-refractivity contribution in [2.24, 2.45) is 5.92 Å². The van der Waals surface area contributed by atoms with Crippen LogP contribution in [0, 0.1) is 5.92 Å². The molecule has 2 aromatic carbocycles. The first-order chi connectivity index (χ1) is 13.7. The van der Waals surface area contributed by atoms with Crippen LogP contribution in [0.4, 0.5) is 5.69 Å². The molecule has 2 aromatic rings. The number of hydrogen-bond donors (Lipinski definition) is 2. The molecule has 156 valence electrons. The summed E-state index contributed by atoms with van der Waals surface area (Å²) in [6.45, 7) is 6.34. The van der Waals surface area contributed by atoms with Crippen molar-refractivity contribution in [1.29, 1.82) is 0 Å². The van der Waals surface area contributed by atoms with Crippen LogP contribution < -0.4 is 10.1 Å². The summed E-state index contributed by atoms with van der Waals surface area (Å²) in [6, 6.07) is 15.5. The molecule has 0 spiro atoms. The molecule has 0 aliphatic rings. The Balaban J connectivity index is 2.52. The van der Waals surface area contributed by atoms with Gasteiger partial charge < -0.3 is 19.9 Å². The molecule has 0 aliphatic carbocycles. The molecule has 0 aromatic heterocycles. The second-order valence-electron chi connectivity index (χ2n) is 7.99. The van der Waals surface area contributed by atoms with Crippen LogP contribution in [0.5, 0.6) is 5.75 Å². The van der Waals surface area contributed by atoms with E-state index in [1.54, 1.807) is 31.4 Å². The summed E-state index contributed by atoms with van der Waals surface area (Å²) in [6.07, 6.45) is 0. The van der Waals surface area contributed by atoms with Crippen molar-refractivity contribution >= 4 is 25.7 Å². The van der Waals surface area contributed by atoms with Gasteiger partial charge in [0.25, 0.3) is 0 Å². The number of benzene rings is 2. The molecule has 0 radical (unpaired) electrons. The Hall–Kier alpha value is -2.80. The van der Waals surface area contributed by atoms with E-state index in [-0.39, 0.29) is 5.54 Å². The predicted molar refractivity (Wildman–Crippen MR) is 116 cm³/mol. The highest BCUT2D eigenvalue weighted by Crippen LogP contribution is 2.37. The first-order valence-electron chi connectivity index (χ1n) is 9.45. The summed E-state index contributed by atoms with van der Waals surface area (Å²) in [4.78, 5) is 25.2. The molecule has 3 atom stereocenters. The van der Waals surface area contributed by atoms with Crippen LogP contribution in [0.25, 0.3) is 0 Å². The van der Waals surface area contributed by atoms with E-state index in [4.69, 9.17) is 9.47 Å². The van der Waals surface area contributed by atoms with Gasteiger partial charge in [0.1, 0.15) is 11.8 Å². The molecule has 6 nitrogen and oxygen atoms in total. The van der Waals surface area contributed by atoms with Crippen LogP contribution in [0.15, 0.2) is 54.6 Å². The lowest BCUT2D eigenvalue weighted by atomic mass is 9.90. The molecule has 2 N–H and O–H groups in total. The van der Waals surface area contributed by atoms with Gasteiger partial charge in [-0.3, -0.25) is 4.79 Å². The van der Waals surface area contributed by atoms with E-state index in [9.17, 15) is 14.7 Å². The Kier molecular flexibility index (Phi) is 7.45. The fourth-order valence-corrected chi connectivity index (χ4v) is 6.28. The van der Waals surface area contributed by atoms with E-state index >= 15 is 0 Å². The Morgan fingerprint density at radius 2 is 1.55 bits per heavy atom. The van der Waals surface area contributed by atoms with Gasteiger partial charge in [0.15, 0.2) is 0 Å². The van der Waals surface area contributed by atoms with Gasteiger partial charge in [-0.25, -0.2) is 4.79 Å². The smallest absolute Gasteiger partial charge is 0.329 e. The van der Waals surface area contributed by atoms with Crippen LogP contribution in [-0.2, 0) is 14.3 Å². The van der Waals surface area contributed by atoms with Crippen LogP contribution in [0.1, 0.15) is 11.1 Å². The number of hydrogen-bond acceptors (Lipinski definition) is 5. The molecule has 0 aliphatic heterocycles. The quantitative estimate of drug-likeness (QED) is 0.475. The summed E-state index contributed by atoms with van der Waals surface area (Å²) in [5.41, 5.74) is 1.25. The standard InChI is InChI=1S/C22H29NO5Si/c1-27-17-13-11-16(12-14-17)23-19(22(26)28-2)18(21(24)25)20(29(3,4)5)15-9-7-6-8-10-15/h6-14,18-20,23H,1-5H3,(H,24,25)/t18-,19+,20-/m1/s1. The molecule has 0 unspecified atom stereocenters. The number of esters is 1. The van der Waals surface area contributed by atoms with Crippen LogP contribution in [0.3, 0.4) is 0 Å². The van der Waals surface area contributed by atoms with Gasteiger partial charge in [-0.05, 0) is 35.4 Å². The first kappa shape index (κ1) is 22.5. The van der Waals surface area contributed by atoms with Crippen molar-refractivity contribution in [2.45, 2.75) is 31.2 Å². The highest BCUT2D eigenvalue weighted by molar-refractivity contribution is 6.77. The zero-order valence-corrected chi connectivity index (χ0v) is 18.5. The maximum absolute atomic E-state index is 12.7. The number of nitrogens with one attached hydrogen (secondary N) is 1. The number of ether oxygens (including phenoxy) is 2. The summed E-state index contributed by atoms with van der Waals surface area (Å²) in [5.74, 6) is -1.95. The first-order valence-corrected chi connectivity index (χ1v) is 13.0. The average Bonchev–Trinajstić information content (AvgIpc) is 2.69. The molecule has 0 saturated heterocycles. The Morgan fingerprint density at radius 3 is 2.00 bits per heavy atom. The average molecular weight is 416 g/mol. The summed E-state index contributed by atoms with van der Waals surface area (Å²) in [7, 11) is 0.787. The van der Waals surface area contributed by atoms with Crippen molar-refractivity contribution in [3.8, 4) is 5.75 Å². The fourth-order valence-electron chi connectivity index (χ4n) is 3.67. The lowest BCUT2D eigenvalue weighted by Crippen LogP contribution is -2.50. The number of methoxy groups -OCH3 is 2. The minimum absolute atomic E-state index is 0.295. The molecule has 0 bridgehead atoms. The number of carbonyl (C=O) groups excluding carboxylic acids is 1. The third kappa shape index (κ3) is 5.60. The van der Waals surface area contributed by atoms with E-state index in [2.05, 4.69) is 25.0 Å². The maximum Gasteiger partial charge on any atom is 0.329 e. The van der Waals surface area contributed by atoms with Gasteiger partial charge in [-0.1, -0.05) is 50.0 Å². The fraction of sp³-hybridized carbons (Fsp3) is 0.364. The molecule has 29 heavy (non-hydrogen) atoms. The van der Waals surface area contributed by atoms with Crippen LogP contribution >= 0.6 is 0 Å². The van der Waals surface area contributed by atoms with Crippen molar-refractivity contribution in [1.82, 2.24) is 0 Å². The summed E-state index contributed by atoms with van der Waals surface area (Å²) in [5, 5.41) is 13.3. The molecular formula is C22H29NO5Si. The van der Waals surface area contributed by atoms with Gasteiger partial charge in [0.05, 0.1) is 28.2 Å². The molecule has 0 heterocycles. The van der Waals surface area contributed by atoms with Crippen LogP contribution in [-0.4, -0.2) is 45.4 Å². The van der Waals surface area contributed by atoms with Gasteiger partial charge in [-0.2, -0.15) is 0 Å². The van der Waals surface area contributed by atoms with Gasteiger partial charge >= 0.3 is 11.9 Å². The van der Waals surface area contributed by atoms with Gasteiger partial charge in [0.2, 0.25) is 0 Å². The third-order valence-electron chi connectivity index (χ3n) is 4.96. The van der Waals surface area contributed by atoms with E-state index in [1.165, 1.54) is 7.11 Å². The van der Waals surface area contributed by atoms with E-state index < -0.39 is 32.0 Å². The summed E-state index contributed by atoms with van der Waals surface area (Å²) < 4.78 is 10.1. The second kappa shape index (κ2) is 9.60. The monoisotopic (exact) mass is 415 g/mol. The van der Waals surface area contributed by atoms with Gasteiger partial charge in [0, 0.05) is 5.69 Å². The molecule has 0 amide bonds. The van der Waals surface area contributed by atoms with Crippen molar-refractivity contribution in [2.75, 3.05) is 19.5 Å². The van der Waals surface area contributed by atoms with E-state index in [1.807, 2.05) is 30.3 Å². The Morgan fingerprint density at radius 1 is 0.966 bits per heavy atom. The molecule has 0 fully saturated rings. The maximum atomic E-state index is 12.7. The number of carboxylic acid groups (broad SMARTS) is 1. The van der Waals surface area contributed by atoms with Crippen molar-refractivity contribution < 1.29 is 24.2 Å². The number of rotatable bonds is 9. The third-order valence-corrected chi connectivity index (χ3v) is 7.52. The van der Waals surface area contributed by atoms with Crippen molar-refractivity contribution in [3.63, 3.8) is 0 Å². The van der Waals surface area contributed by atoms with E-state index in [0.29, 0.717) is 11.4 Å². The molecular weight excluding hydrogens is 386 g/mol. The zero-order chi connectivity index (χ0) is 21.6. The number of aliphatic carboxylic acids is 1. The molecule has 7 heteroatoms. The highest BCUT2D eigenvalue weighted by atomic mass is 28.3. The highest BCUT2D eigenvalue weighted by Gasteiger charge is 2.46. The SMILES string of the molecule is COC(=O)[C@@H](Nc1ccc(OC)cc1)[C@@H](C(=O)O)[C@@H](c1ccccc1)[Si](C)(C)C. The van der Waals surface area contributed by atoms with Crippen LogP contribution in [0.2, 0.25) is 19.6 Å². The lowest BCUT2D eigenvalue weighted by molar-refractivity contribution is -0.151. The van der Waals surface area contributed by atoms with Crippen molar-refractivity contribution in [3.05, 3.63) is 60.2 Å². The molecule has 0 saturated carbocycles.